The molecule has 0 atom stereocenters. The molecular weight excluding hydrogens is 460 g/mol. The number of benzene rings is 3. The normalized spacial score (nSPS) is 13.5. The second-order valence-electron chi connectivity index (χ2n) is 7.53. The summed E-state index contributed by atoms with van der Waals surface area (Å²) in [7, 11) is 0. The first-order valence-electron chi connectivity index (χ1n) is 10.4. The van der Waals surface area contributed by atoms with Crippen molar-refractivity contribution in [2.75, 3.05) is 11.4 Å². The largest absolute Gasteiger partial charge is 0.308 e. The summed E-state index contributed by atoms with van der Waals surface area (Å²) in [5, 5.41) is 2.73. The van der Waals surface area contributed by atoms with Crippen LogP contribution in [0.2, 0.25) is 10.0 Å². The molecule has 0 aromatic heterocycles. The van der Waals surface area contributed by atoms with Crippen LogP contribution in [0.25, 0.3) is 5.70 Å². The van der Waals surface area contributed by atoms with Gasteiger partial charge in [-0.05, 0) is 50.2 Å². The molecule has 3 aromatic rings. The van der Waals surface area contributed by atoms with Crippen molar-refractivity contribution in [3.8, 4) is 0 Å². The van der Waals surface area contributed by atoms with Gasteiger partial charge < -0.3 is 4.90 Å². The fourth-order valence-corrected chi connectivity index (χ4v) is 4.31. The summed E-state index contributed by atoms with van der Waals surface area (Å²) in [5.41, 5.74) is 7.03. The Morgan fingerprint density at radius 1 is 0.970 bits per heavy atom. The molecule has 0 bridgehead atoms. The zero-order valence-corrected chi connectivity index (χ0v) is 19.7. The Balaban J connectivity index is 2.02. The van der Waals surface area contributed by atoms with Gasteiger partial charge in [-0.1, -0.05) is 59.6 Å². The molecule has 1 aliphatic heterocycles. The molecular formula is C26H22Cl2FN3O. The van der Waals surface area contributed by atoms with E-state index >= 15 is 0 Å². The number of nitrogens with one attached hydrogen (secondary N) is 1. The average molecular weight is 482 g/mol. The van der Waals surface area contributed by atoms with Crippen molar-refractivity contribution in [2.24, 2.45) is 0 Å². The van der Waals surface area contributed by atoms with Crippen LogP contribution in [0, 0.1) is 5.82 Å². The summed E-state index contributed by atoms with van der Waals surface area (Å²) >= 11 is 12.6. The molecule has 0 fully saturated rings. The lowest BCUT2D eigenvalue weighted by Crippen LogP contribution is -2.39. The highest BCUT2D eigenvalue weighted by Crippen LogP contribution is 2.39. The number of ketones is 1. The highest BCUT2D eigenvalue weighted by molar-refractivity contribution is 6.35. The molecule has 0 spiro atoms. The number of carbonyl (C=O) groups is 1. The van der Waals surface area contributed by atoms with E-state index in [1.807, 2.05) is 48.5 Å². The van der Waals surface area contributed by atoms with Crippen LogP contribution in [-0.2, 0) is 4.79 Å². The van der Waals surface area contributed by atoms with Gasteiger partial charge in [0.25, 0.3) is 0 Å². The third-order valence-corrected chi connectivity index (χ3v) is 5.64. The predicted molar refractivity (Wildman–Crippen MR) is 133 cm³/mol. The third kappa shape index (κ3) is 4.90. The van der Waals surface area contributed by atoms with Gasteiger partial charge in [0, 0.05) is 39.7 Å². The van der Waals surface area contributed by atoms with Gasteiger partial charge in [-0.2, -0.15) is 0 Å². The van der Waals surface area contributed by atoms with Gasteiger partial charge in [0.15, 0.2) is 5.78 Å². The number of hydrogen-bond acceptors (Lipinski definition) is 4. The SMILES string of the molecule is CCN1C=C(N(c2cccc(F)c2)c2cc(Cl)cc(Cl)c2)C(C(C)=O)=C(c2ccccc2)N1. The van der Waals surface area contributed by atoms with E-state index in [-0.39, 0.29) is 5.78 Å². The number of rotatable bonds is 6. The van der Waals surface area contributed by atoms with E-state index in [1.54, 1.807) is 35.2 Å². The third-order valence-electron chi connectivity index (χ3n) is 5.21. The minimum atomic E-state index is -0.399. The van der Waals surface area contributed by atoms with Crippen LogP contribution in [0.3, 0.4) is 0 Å². The van der Waals surface area contributed by atoms with Crippen molar-refractivity contribution in [3.05, 3.63) is 112 Å². The first kappa shape index (κ1) is 22.9. The Bertz CT molecular complexity index is 1240. The van der Waals surface area contributed by atoms with Gasteiger partial charge in [-0.15, -0.1) is 0 Å². The van der Waals surface area contributed by atoms with Gasteiger partial charge in [-0.25, -0.2) is 4.39 Å². The molecule has 7 heteroatoms. The number of carbonyl (C=O) groups excluding carboxylic acids is 1. The number of anilines is 2. The molecule has 0 unspecified atom stereocenters. The van der Waals surface area contributed by atoms with Crippen molar-refractivity contribution in [3.63, 3.8) is 0 Å². The van der Waals surface area contributed by atoms with Crippen LogP contribution >= 0.6 is 23.2 Å². The van der Waals surface area contributed by atoms with E-state index in [0.29, 0.717) is 44.9 Å². The molecule has 0 amide bonds. The van der Waals surface area contributed by atoms with Crippen LogP contribution in [0.1, 0.15) is 19.4 Å². The first-order chi connectivity index (χ1) is 15.9. The Labute approximate surface area is 202 Å². The Morgan fingerprint density at radius 3 is 2.27 bits per heavy atom. The molecule has 1 heterocycles. The van der Waals surface area contributed by atoms with Crippen molar-refractivity contribution in [1.29, 1.82) is 0 Å². The minimum Gasteiger partial charge on any atom is -0.308 e. The monoisotopic (exact) mass is 481 g/mol. The van der Waals surface area contributed by atoms with Gasteiger partial charge in [0.05, 0.1) is 17.0 Å². The Hall–Kier alpha value is -3.28. The van der Waals surface area contributed by atoms with Crippen molar-refractivity contribution in [2.45, 2.75) is 13.8 Å². The molecule has 33 heavy (non-hydrogen) atoms. The average Bonchev–Trinajstić information content (AvgIpc) is 2.78. The van der Waals surface area contributed by atoms with Gasteiger partial charge >= 0.3 is 0 Å². The van der Waals surface area contributed by atoms with Crippen LogP contribution in [0.5, 0.6) is 0 Å². The van der Waals surface area contributed by atoms with Gasteiger partial charge in [-0.3, -0.25) is 15.2 Å². The van der Waals surface area contributed by atoms with Crippen molar-refractivity contribution in [1.82, 2.24) is 10.4 Å². The fraction of sp³-hybridized carbons (Fsp3) is 0.115. The number of allylic oxidation sites excluding steroid dienone is 1. The lowest BCUT2D eigenvalue weighted by molar-refractivity contribution is -0.113. The van der Waals surface area contributed by atoms with E-state index < -0.39 is 5.82 Å². The molecule has 0 aliphatic carbocycles. The Morgan fingerprint density at radius 2 is 1.67 bits per heavy atom. The number of nitrogens with zero attached hydrogens (tertiary/aromatic N) is 2. The smallest absolute Gasteiger partial charge is 0.164 e. The number of hydrazine groups is 1. The maximum Gasteiger partial charge on any atom is 0.164 e. The Kier molecular flexibility index (Phi) is 6.72. The standard InChI is InChI=1S/C26H22Cl2FN3O/c1-3-31-16-24(25(17(2)33)26(30-31)18-8-5-4-6-9-18)32(22-11-7-10-21(29)15-22)23-13-19(27)12-20(28)14-23/h4-16,30H,3H2,1-2H3. The summed E-state index contributed by atoms with van der Waals surface area (Å²) in [6, 6.07) is 20.9. The molecule has 168 valence electrons. The van der Waals surface area contributed by atoms with Crippen molar-refractivity contribution >= 4 is 46.1 Å². The summed E-state index contributed by atoms with van der Waals surface area (Å²) in [6.45, 7) is 4.13. The van der Waals surface area contributed by atoms with E-state index in [9.17, 15) is 9.18 Å². The zero-order valence-electron chi connectivity index (χ0n) is 18.1. The van der Waals surface area contributed by atoms with Crippen molar-refractivity contribution < 1.29 is 9.18 Å². The highest BCUT2D eigenvalue weighted by atomic mass is 35.5. The second kappa shape index (κ2) is 9.69. The second-order valence-corrected chi connectivity index (χ2v) is 8.40. The molecule has 1 N–H and O–H groups in total. The fourth-order valence-electron chi connectivity index (χ4n) is 3.79. The van der Waals surface area contributed by atoms with E-state index in [4.69, 9.17) is 23.2 Å². The molecule has 1 aliphatic rings. The zero-order chi connectivity index (χ0) is 23.5. The molecule has 4 rings (SSSR count). The van der Waals surface area contributed by atoms with E-state index in [1.165, 1.54) is 19.1 Å². The summed E-state index contributed by atoms with van der Waals surface area (Å²) in [6.07, 6.45) is 1.84. The lowest BCUT2D eigenvalue weighted by Gasteiger charge is -2.36. The predicted octanol–water partition coefficient (Wildman–Crippen LogP) is 6.95. The maximum atomic E-state index is 14.3. The summed E-state index contributed by atoms with van der Waals surface area (Å²) in [5.74, 6) is -0.540. The van der Waals surface area contributed by atoms with Crippen LogP contribution in [0.15, 0.2) is 90.3 Å². The van der Waals surface area contributed by atoms with Crippen LogP contribution in [-0.4, -0.2) is 17.3 Å². The quantitative estimate of drug-likeness (QED) is 0.412. The maximum absolute atomic E-state index is 14.3. The first-order valence-corrected chi connectivity index (χ1v) is 11.2. The van der Waals surface area contributed by atoms with Crippen LogP contribution in [0.4, 0.5) is 15.8 Å². The molecule has 0 saturated carbocycles. The van der Waals surface area contributed by atoms with E-state index in [0.717, 1.165) is 5.56 Å². The molecule has 0 radical (unpaired) electrons. The highest BCUT2D eigenvalue weighted by Gasteiger charge is 2.29. The topological polar surface area (TPSA) is 35.6 Å². The molecule has 4 nitrogen and oxygen atoms in total. The summed E-state index contributed by atoms with van der Waals surface area (Å²) in [4.78, 5) is 14.8. The lowest BCUT2D eigenvalue weighted by atomic mass is 9.98. The molecule has 3 aromatic carbocycles. The minimum absolute atomic E-state index is 0.141. The molecule has 0 saturated heterocycles. The van der Waals surface area contributed by atoms with Gasteiger partial charge in [0.1, 0.15) is 5.82 Å². The van der Waals surface area contributed by atoms with Gasteiger partial charge in [0.2, 0.25) is 0 Å². The van der Waals surface area contributed by atoms with Crippen LogP contribution < -0.4 is 10.3 Å². The van der Waals surface area contributed by atoms with E-state index in [2.05, 4.69) is 5.43 Å². The number of halogens is 3. The number of Topliss-reactive ketones (excluding diaryl/α,β-unsaturated/α-hetero) is 1. The summed E-state index contributed by atoms with van der Waals surface area (Å²) < 4.78 is 14.3. The number of hydrogen-bond donors (Lipinski definition) is 1.